The third kappa shape index (κ3) is 3.59. The summed E-state index contributed by atoms with van der Waals surface area (Å²) in [4.78, 5) is 1.93. The van der Waals surface area contributed by atoms with Gasteiger partial charge in [0.2, 0.25) is 15.9 Å². The molecule has 1 aromatic heterocycles. The molecule has 136 valence electrons. The zero-order valence-electron chi connectivity index (χ0n) is 14.4. The van der Waals surface area contributed by atoms with E-state index < -0.39 is 10.0 Å². The molecule has 8 nitrogen and oxygen atoms in total. The van der Waals surface area contributed by atoms with E-state index in [4.69, 9.17) is 5.14 Å². The molecule has 9 heteroatoms. The summed E-state index contributed by atoms with van der Waals surface area (Å²) >= 11 is 0. The Morgan fingerprint density at radius 1 is 1.08 bits per heavy atom. The first-order valence-corrected chi connectivity index (χ1v) is 9.31. The van der Waals surface area contributed by atoms with Gasteiger partial charge in [0.1, 0.15) is 0 Å². The van der Waals surface area contributed by atoms with Crippen molar-refractivity contribution in [3.05, 3.63) is 48.5 Å². The Balaban J connectivity index is 2.01. The minimum atomic E-state index is -3.75. The van der Waals surface area contributed by atoms with E-state index in [1.807, 2.05) is 43.3 Å². The fourth-order valence-electron chi connectivity index (χ4n) is 2.61. The van der Waals surface area contributed by atoms with Crippen molar-refractivity contribution in [2.45, 2.75) is 11.6 Å². The van der Waals surface area contributed by atoms with Crippen LogP contribution < -0.4 is 5.14 Å². The summed E-state index contributed by atoms with van der Waals surface area (Å²) in [5, 5.41) is 24.7. The molecule has 2 aromatic carbocycles. The first-order chi connectivity index (χ1) is 12.3. The van der Waals surface area contributed by atoms with E-state index in [2.05, 4.69) is 10.2 Å². The van der Waals surface area contributed by atoms with Crippen LogP contribution in [0.15, 0.2) is 63.7 Å². The summed E-state index contributed by atoms with van der Waals surface area (Å²) in [5.41, 5.74) is 1.65. The van der Waals surface area contributed by atoms with E-state index in [1.165, 1.54) is 24.3 Å². The van der Waals surface area contributed by atoms with Crippen molar-refractivity contribution in [3.63, 3.8) is 0 Å². The van der Waals surface area contributed by atoms with Gasteiger partial charge in [-0.3, -0.25) is 9.47 Å². The van der Waals surface area contributed by atoms with Crippen LogP contribution in [0.4, 0.5) is 11.4 Å². The third-order valence-corrected chi connectivity index (χ3v) is 4.70. The lowest BCUT2D eigenvalue weighted by molar-refractivity contribution is 0.304. The molecular formula is C17H19N5O3S. The van der Waals surface area contributed by atoms with E-state index in [-0.39, 0.29) is 10.8 Å². The van der Waals surface area contributed by atoms with Crippen molar-refractivity contribution < 1.29 is 13.5 Å². The van der Waals surface area contributed by atoms with E-state index in [1.54, 1.807) is 4.57 Å². The lowest BCUT2D eigenvalue weighted by atomic mass is 10.2. The number of sulfonamides is 1. The van der Waals surface area contributed by atoms with Crippen molar-refractivity contribution in [2.75, 3.05) is 14.1 Å². The third-order valence-electron chi connectivity index (χ3n) is 3.77. The molecule has 0 spiro atoms. The average molecular weight is 373 g/mol. The van der Waals surface area contributed by atoms with Crippen LogP contribution in [0.25, 0.3) is 10.9 Å². The number of benzene rings is 2. The smallest absolute Gasteiger partial charge is 0.238 e. The SMILES string of the molecule is CN(C)Cn1c(O)c(N=Nc2ccc(S(N)(=O)=O)cc2)c2ccccc21. The molecule has 0 aliphatic carbocycles. The largest absolute Gasteiger partial charge is 0.493 e. The molecule has 26 heavy (non-hydrogen) atoms. The van der Waals surface area contributed by atoms with Crippen LogP contribution in [0.2, 0.25) is 0 Å². The average Bonchev–Trinajstić information content (AvgIpc) is 2.84. The molecule has 0 aliphatic heterocycles. The van der Waals surface area contributed by atoms with Gasteiger partial charge in [0, 0.05) is 5.39 Å². The summed E-state index contributed by atoms with van der Waals surface area (Å²) in [6.45, 7) is 0.491. The molecule has 0 unspecified atom stereocenters. The second kappa shape index (κ2) is 6.87. The van der Waals surface area contributed by atoms with Gasteiger partial charge in [-0.15, -0.1) is 5.11 Å². The quantitative estimate of drug-likeness (QED) is 0.669. The highest BCUT2D eigenvalue weighted by Gasteiger charge is 2.16. The van der Waals surface area contributed by atoms with Crippen molar-refractivity contribution in [2.24, 2.45) is 15.4 Å². The lowest BCUT2D eigenvalue weighted by Crippen LogP contribution is -2.16. The van der Waals surface area contributed by atoms with Crippen LogP contribution in [-0.2, 0) is 16.7 Å². The molecule has 0 saturated carbocycles. The maximum absolute atomic E-state index is 11.3. The molecule has 1 heterocycles. The van der Waals surface area contributed by atoms with Gasteiger partial charge in [-0.25, -0.2) is 13.6 Å². The van der Waals surface area contributed by atoms with Crippen LogP contribution in [-0.4, -0.2) is 37.1 Å². The highest BCUT2D eigenvalue weighted by atomic mass is 32.2. The molecule has 0 atom stereocenters. The highest BCUT2D eigenvalue weighted by molar-refractivity contribution is 7.89. The Labute approximate surface area is 151 Å². The molecule has 0 fully saturated rings. The van der Waals surface area contributed by atoms with Crippen LogP contribution in [0.5, 0.6) is 5.88 Å². The van der Waals surface area contributed by atoms with Gasteiger partial charge in [-0.05, 0) is 44.4 Å². The van der Waals surface area contributed by atoms with Crippen molar-refractivity contribution in [1.29, 1.82) is 0 Å². The second-order valence-electron chi connectivity index (χ2n) is 6.08. The van der Waals surface area contributed by atoms with Crippen LogP contribution in [0.3, 0.4) is 0 Å². The summed E-state index contributed by atoms with van der Waals surface area (Å²) < 4.78 is 24.3. The van der Waals surface area contributed by atoms with Crippen molar-refractivity contribution in [1.82, 2.24) is 9.47 Å². The number of fused-ring (bicyclic) bond motifs is 1. The van der Waals surface area contributed by atoms with Gasteiger partial charge in [0.05, 0.1) is 22.8 Å². The highest BCUT2D eigenvalue weighted by Crippen LogP contribution is 2.39. The normalized spacial score (nSPS) is 12.5. The maximum atomic E-state index is 11.3. The summed E-state index contributed by atoms with van der Waals surface area (Å²) in [5.74, 6) is 0.0183. The Morgan fingerprint density at radius 2 is 1.73 bits per heavy atom. The predicted molar refractivity (Wildman–Crippen MR) is 99.3 cm³/mol. The zero-order chi connectivity index (χ0) is 18.9. The number of rotatable bonds is 5. The maximum Gasteiger partial charge on any atom is 0.238 e. The molecular weight excluding hydrogens is 354 g/mol. The number of hydrogen-bond acceptors (Lipinski definition) is 6. The van der Waals surface area contributed by atoms with Gasteiger partial charge in [0.25, 0.3) is 0 Å². The molecule has 3 rings (SSSR count). The van der Waals surface area contributed by atoms with Gasteiger partial charge < -0.3 is 5.11 Å². The number of primary sulfonamides is 1. The Bertz CT molecular complexity index is 1070. The molecule has 3 aromatic rings. The summed E-state index contributed by atoms with van der Waals surface area (Å²) in [6, 6.07) is 13.2. The Morgan fingerprint density at radius 3 is 2.35 bits per heavy atom. The van der Waals surface area contributed by atoms with Gasteiger partial charge in [-0.2, -0.15) is 5.11 Å². The van der Waals surface area contributed by atoms with Crippen molar-refractivity contribution >= 4 is 32.3 Å². The number of aromatic hydroxyl groups is 1. The topological polar surface area (TPSA) is 113 Å². The number of para-hydroxylation sites is 1. The summed E-state index contributed by atoms with van der Waals surface area (Å²) in [6.07, 6.45) is 0. The van der Waals surface area contributed by atoms with Crippen molar-refractivity contribution in [3.8, 4) is 5.88 Å². The first-order valence-electron chi connectivity index (χ1n) is 7.77. The molecule has 0 bridgehead atoms. The monoisotopic (exact) mass is 373 g/mol. The standard InChI is InChI=1S/C17H19N5O3S/c1-21(2)11-22-15-6-4-3-5-14(15)16(17(22)23)20-19-12-7-9-13(10-8-12)26(18,24)25/h3-10,23H,11H2,1-2H3,(H2,18,24,25). The zero-order valence-corrected chi connectivity index (χ0v) is 15.2. The molecule has 0 amide bonds. The predicted octanol–water partition coefficient (Wildman–Crippen LogP) is 2.93. The first kappa shape index (κ1) is 18.1. The number of nitrogens with zero attached hydrogens (tertiary/aromatic N) is 4. The Kier molecular flexibility index (Phi) is 4.77. The number of aromatic nitrogens is 1. The number of azo groups is 1. The molecule has 0 aliphatic rings. The van der Waals surface area contributed by atoms with Crippen LogP contribution >= 0.6 is 0 Å². The van der Waals surface area contributed by atoms with Gasteiger partial charge in [-0.1, -0.05) is 18.2 Å². The van der Waals surface area contributed by atoms with E-state index in [9.17, 15) is 13.5 Å². The van der Waals surface area contributed by atoms with Crippen LogP contribution in [0.1, 0.15) is 0 Å². The fourth-order valence-corrected chi connectivity index (χ4v) is 3.12. The van der Waals surface area contributed by atoms with Crippen LogP contribution in [0, 0.1) is 0 Å². The van der Waals surface area contributed by atoms with E-state index in [0.717, 1.165) is 10.9 Å². The van der Waals surface area contributed by atoms with E-state index >= 15 is 0 Å². The minimum absolute atomic E-state index is 0.00174. The second-order valence-corrected chi connectivity index (χ2v) is 7.64. The van der Waals surface area contributed by atoms with E-state index in [0.29, 0.717) is 18.0 Å². The number of hydrogen-bond donors (Lipinski definition) is 2. The molecule has 0 radical (unpaired) electrons. The van der Waals surface area contributed by atoms with Gasteiger partial charge >= 0.3 is 0 Å². The minimum Gasteiger partial charge on any atom is -0.493 e. The fraction of sp³-hybridized carbons (Fsp3) is 0.176. The van der Waals surface area contributed by atoms with Gasteiger partial charge in [0.15, 0.2) is 5.69 Å². The molecule has 3 N–H and O–H groups in total. The lowest BCUT2D eigenvalue weighted by Gasteiger charge is -2.12. The molecule has 0 saturated heterocycles. The summed E-state index contributed by atoms with van der Waals surface area (Å²) in [7, 11) is 0.0597. The number of nitrogens with two attached hydrogens (primary N) is 1. The Hall–Kier alpha value is -2.75.